The smallest absolute Gasteiger partial charge is 0.191 e. The zero-order chi connectivity index (χ0) is 16.8. The number of morpholine rings is 1. The van der Waals surface area contributed by atoms with Gasteiger partial charge in [0, 0.05) is 37.5 Å². The van der Waals surface area contributed by atoms with Gasteiger partial charge < -0.3 is 20.5 Å². The minimum Gasteiger partial charge on any atom is -0.387 e. The summed E-state index contributed by atoms with van der Waals surface area (Å²) in [5.74, 6) is 2.63. The Balaban J connectivity index is 0.00000288. The monoisotopic (exact) mass is 472 g/mol. The minimum atomic E-state index is -0.597. The fraction of sp³-hybridized carbons (Fsp3) is 0.938. The van der Waals surface area contributed by atoms with Crippen molar-refractivity contribution in [3.8, 4) is 0 Å². The van der Waals surface area contributed by atoms with Gasteiger partial charge in [-0.25, -0.2) is 0 Å². The molecule has 2 rings (SSSR count). The highest BCUT2D eigenvalue weighted by Gasteiger charge is 2.32. The number of hydrogen-bond acceptors (Lipinski definition) is 5. The summed E-state index contributed by atoms with van der Waals surface area (Å²) in [6.45, 7) is 12.1. The molecule has 2 aliphatic heterocycles. The summed E-state index contributed by atoms with van der Waals surface area (Å²) in [6.07, 6.45) is 0.851. The highest BCUT2D eigenvalue weighted by molar-refractivity contribution is 14.0. The number of nitrogens with zero attached hydrogens (tertiary/aromatic N) is 2. The van der Waals surface area contributed by atoms with Crippen molar-refractivity contribution in [1.29, 1.82) is 0 Å². The van der Waals surface area contributed by atoms with E-state index in [1.807, 2.05) is 11.8 Å². The van der Waals surface area contributed by atoms with Crippen molar-refractivity contribution < 1.29 is 9.84 Å². The first-order valence-electron chi connectivity index (χ1n) is 8.60. The van der Waals surface area contributed by atoms with Crippen LogP contribution in [-0.2, 0) is 4.74 Å². The Morgan fingerprint density at radius 2 is 2.04 bits per heavy atom. The first-order valence-corrected chi connectivity index (χ1v) is 9.76. The van der Waals surface area contributed by atoms with Crippen molar-refractivity contribution in [3.63, 3.8) is 0 Å². The molecule has 1 atom stereocenters. The molecule has 2 heterocycles. The van der Waals surface area contributed by atoms with Gasteiger partial charge in [-0.05, 0) is 32.9 Å². The molecule has 0 bridgehead atoms. The second-order valence-electron chi connectivity index (χ2n) is 6.99. The van der Waals surface area contributed by atoms with Gasteiger partial charge >= 0.3 is 0 Å². The third-order valence-electron chi connectivity index (χ3n) is 4.50. The second-order valence-corrected chi connectivity index (χ2v) is 8.09. The first kappa shape index (κ1) is 22.3. The Morgan fingerprint density at radius 3 is 2.62 bits per heavy atom. The van der Waals surface area contributed by atoms with E-state index in [1.54, 1.807) is 0 Å². The minimum absolute atomic E-state index is 0. The van der Waals surface area contributed by atoms with Gasteiger partial charge in [0.1, 0.15) is 0 Å². The molecule has 0 saturated carbocycles. The first-order chi connectivity index (χ1) is 11.0. The largest absolute Gasteiger partial charge is 0.387 e. The van der Waals surface area contributed by atoms with Crippen molar-refractivity contribution >= 4 is 41.7 Å². The summed E-state index contributed by atoms with van der Waals surface area (Å²) in [4.78, 5) is 7.18. The molecule has 0 radical (unpaired) electrons. The Kier molecular flexibility index (Phi) is 9.65. The lowest BCUT2D eigenvalue weighted by molar-refractivity contribution is -0.00685. The van der Waals surface area contributed by atoms with Crippen molar-refractivity contribution in [2.24, 2.45) is 4.99 Å². The number of ether oxygens (including phenoxy) is 1. The summed E-state index contributed by atoms with van der Waals surface area (Å²) >= 11 is 1.81. The van der Waals surface area contributed by atoms with Crippen LogP contribution in [0.25, 0.3) is 0 Å². The quantitative estimate of drug-likeness (QED) is 0.306. The van der Waals surface area contributed by atoms with Crippen LogP contribution in [0.3, 0.4) is 0 Å². The molecule has 0 amide bonds. The number of aliphatic hydroxyl groups is 1. The number of aliphatic imine (C=N–C) groups is 1. The molecule has 2 saturated heterocycles. The van der Waals surface area contributed by atoms with Crippen molar-refractivity contribution in [2.75, 3.05) is 57.4 Å². The molecular formula is C16H33IN4O2S. The molecule has 24 heavy (non-hydrogen) atoms. The summed E-state index contributed by atoms with van der Waals surface area (Å²) < 4.78 is 5.43. The molecule has 0 aromatic rings. The topological polar surface area (TPSA) is 69.1 Å². The van der Waals surface area contributed by atoms with Gasteiger partial charge in [0.2, 0.25) is 0 Å². The van der Waals surface area contributed by atoms with Gasteiger partial charge in [0.25, 0.3) is 0 Å². The van der Waals surface area contributed by atoms with E-state index in [-0.39, 0.29) is 29.5 Å². The van der Waals surface area contributed by atoms with Gasteiger partial charge in [-0.15, -0.1) is 24.0 Å². The Hall–Kier alpha value is 0.230. The van der Waals surface area contributed by atoms with Gasteiger partial charge in [0.15, 0.2) is 5.96 Å². The van der Waals surface area contributed by atoms with Crippen molar-refractivity contribution in [1.82, 2.24) is 15.5 Å². The highest BCUT2D eigenvalue weighted by atomic mass is 127. The molecule has 0 spiro atoms. The highest BCUT2D eigenvalue weighted by Crippen LogP contribution is 2.26. The summed E-state index contributed by atoms with van der Waals surface area (Å²) in [5, 5.41) is 17.0. The zero-order valence-electron chi connectivity index (χ0n) is 15.1. The molecule has 3 N–H and O–H groups in total. The van der Waals surface area contributed by atoms with E-state index in [1.165, 1.54) is 0 Å². The maximum absolute atomic E-state index is 10.5. The standard InChI is InChI=1S/C16H32N4O2S.HI/c1-4-17-14(19-12-16(21)5-10-23-13-16)18-11-15(2,3)20-6-8-22-9-7-20;/h21H,4-13H2,1-3H3,(H2,17,18,19);1H. The number of thioether (sulfide) groups is 1. The average molecular weight is 472 g/mol. The number of rotatable bonds is 6. The second kappa shape index (κ2) is 10.4. The van der Waals surface area contributed by atoms with Crippen molar-refractivity contribution in [3.05, 3.63) is 0 Å². The molecule has 2 fully saturated rings. The molecule has 0 aromatic heterocycles. The van der Waals surface area contributed by atoms with Crippen molar-refractivity contribution in [2.45, 2.75) is 38.3 Å². The molecule has 6 nitrogen and oxygen atoms in total. The van der Waals surface area contributed by atoms with Crippen LogP contribution in [-0.4, -0.2) is 84.5 Å². The van der Waals surface area contributed by atoms with Gasteiger partial charge in [-0.3, -0.25) is 9.89 Å². The molecule has 1 unspecified atom stereocenters. The number of guanidine groups is 1. The van der Waals surface area contributed by atoms with Crippen LogP contribution in [0.1, 0.15) is 27.2 Å². The Morgan fingerprint density at radius 1 is 1.33 bits per heavy atom. The maximum Gasteiger partial charge on any atom is 0.191 e. The van der Waals surface area contributed by atoms with E-state index >= 15 is 0 Å². The van der Waals surface area contributed by atoms with E-state index in [9.17, 15) is 5.11 Å². The van der Waals surface area contributed by atoms with E-state index in [4.69, 9.17) is 9.73 Å². The molecule has 0 aliphatic carbocycles. The fourth-order valence-electron chi connectivity index (χ4n) is 2.87. The van der Waals surface area contributed by atoms with Gasteiger partial charge in [-0.1, -0.05) is 0 Å². The summed E-state index contributed by atoms with van der Waals surface area (Å²) in [7, 11) is 0. The lowest BCUT2D eigenvalue weighted by Crippen LogP contribution is -2.52. The SMILES string of the molecule is CCNC(=NCC(C)(C)N1CCOCC1)NCC1(O)CCSC1.I. The van der Waals surface area contributed by atoms with Gasteiger partial charge in [-0.2, -0.15) is 11.8 Å². The predicted octanol–water partition coefficient (Wildman–Crippen LogP) is 1.14. The van der Waals surface area contributed by atoms with Crippen LogP contribution >= 0.6 is 35.7 Å². The lowest BCUT2D eigenvalue weighted by atomic mass is 10.0. The number of hydrogen-bond donors (Lipinski definition) is 3. The van der Waals surface area contributed by atoms with E-state index in [0.29, 0.717) is 6.54 Å². The Labute approximate surface area is 167 Å². The third kappa shape index (κ3) is 6.86. The van der Waals surface area contributed by atoms with Crippen LogP contribution in [0.4, 0.5) is 0 Å². The average Bonchev–Trinajstić information content (AvgIpc) is 2.98. The number of halogens is 1. The Bertz CT molecular complexity index is 398. The maximum atomic E-state index is 10.5. The van der Waals surface area contributed by atoms with Crippen LogP contribution in [0.5, 0.6) is 0 Å². The van der Waals surface area contributed by atoms with Crippen LogP contribution in [0.15, 0.2) is 4.99 Å². The van der Waals surface area contributed by atoms with Crippen LogP contribution < -0.4 is 10.6 Å². The summed E-state index contributed by atoms with van der Waals surface area (Å²) in [6, 6.07) is 0. The molecule has 2 aliphatic rings. The van der Waals surface area contributed by atoms with E-state index in [0.717, 1.165) is 63.3 Å². The van der Waals surface area contributed by atoms with E-state index < -0.39 is 5.60 Å². The molecule has 142 valence electrons. The third-order valence-corrected chi connectivity index (χ3v) is 5.74. The fourth-order valence-corrected chi connectivity index (χ4v) is 4.16. The molecule has 8 heteroatoms. The number of nitrogens with one attached hydrogen (secondary N) is 2. The predicted molar refractivity (Wildman–Crippen MR) is 113 cm³/mol. The van der Waals surface area contributed by atoms with E-state index in [2.05, 4.69) is 36.3 Å². The van der Waals surface area contributed by atoms with Crippen LogP contribution in [0, 0.1) is 0 Å². The normalized spacial score (nSPS) is 26.1. The summed E-state index contributed by atoms with van der Waals surface area (Å²) in [5.41, 5.74) is -0.590. The van der Waals surface area contributed by atoms with Gasteiger partial charge in [0.05, 0.1) is 25.4 Å². The molecular weight excluding hydrogens is 439 g/mol. The molecule has 0 aromatic carbocycles. The lowest BCUT2D eigenvalue weighted by Gasteiger charge is -2.40. The van der Waals surface area contributed by atoms with Crippen LogP contribution in [0.2, 0.25) is 0 Å². The zero-order valence-corrected chi connectivity index (χ0v) is 18.3.